The Kier molecular flexibility index (Phi) is 114. The minimum absolute atomic E-state index is 0. The molecule has 2 N–H and O–H groups in total. The van der Waals surface area contributed by atoms with Crippen LogP contribution in [0.4, 0.5) is 9.59 Å². The van der Waals surface area contributed by atoms with Gasteiger partial charge in [-0.1, -0.05) is 0 Å². The van der Waals surface area contributed by atoms with Crippen molar-refractivity contribution in [2.45, 2.75) is 0 Å². The minimum Gasteiger partial charge on any atom is -1.00 e. The molecular weight excluding hydrogens is 383 g/mol. The van der Waals surface area contributed by atoms with E-state index >= 15 is 0 Å². The van der Waals surface area contributed by atoms with Gasteiger partial charge in [0.2, 0.25) is 0 Å². The zero-order chi connectivity index (χ0) is 11.7. The molecule has 10 nitrogen and oxygen atoms in total. The maximum Gasteiger partial charge on any atom is 1.00 e. The van der Waals surface area contributed by atoms with Crippen molar-refractivity contribution < 1.29 is 230 Å². The van der Waals surface area contributed by atoms with Crippen molar-refractivity contribution in [1.29, 1.82) is 0 Å². The molecule has 0 aliphatic carbocycles. The van der Waals surface area contributed by atoms with Gasteiger partial charge in [-0.05, 0) is 12.3 Å². The molecule has 88 valence electrons. The van der Waals surface area contributed by atoms with Crippen molar-refractivity contribution in [3.63, 3.8) is 0 Å². The molecule has 19 heavy (non-hydrogen) atoms. The van der Waals surface area contributed by atoms with E-state index in [2.05, 4.69) is 0 Å². The van der Waals surface area contributed by atoms with Crippen LogP contribution < -0.4 is 202 Å². The van der Waals surface area contributed by atoms with Crippen LogP contribution in [0.15, 0.2) is 0 Å². The van der Waals surface area contributed by atoms with Crippen LogP contribution in [0, 0.1) is 0 Å². The summed E-state index contributed by atoms with van der Waals surface area (Å²) in [5.41, 5.74) is 0. The number of carboxylic acid groups (broad SMARTS) is 4. The van der Waals surface area contributed by atoms with Gasteiger partial charge < -0.3 is 42.4 Å². The average molecular weight is 385 g/mol. The molecule has 0 saturated heterocycles. The molecule has 0 bridgehead atoms. The Morgan fingerprint density at radius 1 is 0.737 bits per heavy atom. The molecule has 0 aromatic carbocycles. The Bertz CT molecular complexity index is 232. The summed E-state index contributed by atoms with van der Waals surface area (Å²) < 4.78 is 31.6. The summed E-state index contributed by atoms with van der Waals surface area (Å²) in [6, 6.07) is 0. The minimum atomic E-state index is -4.67. The zero-order valence-electron chi connectivity index (χ0n) is 10.9. The summed E-state index contributed by atoms with van der Waals surface area (Å²) in [4.78, 5) is 16.7. The molecular formula is C2H2ClKNa4O10S. The molecule has 0 unspecified atom stereocenters. The summed E-state index contributed by atoms with van der Waals surface area (Å²) in [7, 11) is -4.67. The molecule has 0 aliphatic heterocycles. The third kappa shape index (κ3) is 491. The summed E-state index contributed by atoms with van der Waals surface area (Å²) in [6.45, 7) is 0. The first-order chi connectivity index (χ1) is 5.46. The number of rotatable bonds is 0. The van der Waals surface area contributed by atoms with E-state index in [0.717, 1.165) is 0 Å². The van der Waals surface area contributed by atoms with Crippen LogP contribution in [0.1, 0.15) is 0 Å². The number of hydrogen-bond donors (Lipinski definition) is 2. The smallest absolute Gasteiger partial charge is 1.00 e. The fraction of sp³-hybridized carbons (Fsp3) is 0. The Morgan fingerprint density at radius 3 is 0.737 bits per heavy atom. The van der Waals surface area contributed by atoms with E-state index in [1.807, 2.05) is 0 Å². The van der Waals surface area contributed by atoms with E-state index < -0.39 is 22.7 Å². The molecule has 0 amide bonds. The first-order valence-corrected chi connectivity index (χ1v) is 3.32. The number of halogens is 1. The van der Waals surface area contributed by atoms with E-state index in [1.54, 1.807) is 0 Å². The normalized spacial score (nSPS) is 5.58. The summed E-state index contributed by atoms with van der Waals surface area (Å²) in [5, 5.41) is 33.3. The SMILES string of the molecule is O=C([O-])[O-].O=C([O-])[O-].O=S(=O)(O)O.[Cl-].[K+].[Na+].[Na+].[Na+].[Na+]. The molecule has 17 heteroatoms. The molecule has 0 radical (unpaired) electrons. The predicted molar refractivity (Wildman–Crippen MR) is 25.0 cm³/mol. The molecule has 0 fully saturated rings. The Balaban J connectivity index is -0.00000000980. The van der Waals surface area contributed by atoms with Gasteiger partial charge in [0.25, 0.3) is 0 Å². The Labute approximate surface area is 246 Å². The van der Waals surface area contributed by atoms with Gasteiger partial charge in [0.05, 0.1) is 0 Å². The molecule has 0 aromatic heterocycles. The largest absolute Gasteiger partial charge is 1.00 e. The quantitative estimate of drug-likeness (QED) is 0.298. The van der Waals surface area contributed by atoms with E-state index in [1.165, 1.54) is 0 Å². The third-order valence-electron chi connectivity index (χ3n) is 0. The van der Waals surface area contributed by atoms with Gasteiger partial charge in [-0.25, -0.2) is 0 Å². The van der Waals surface area contributed by atoms with Crippen molar-refractivity contribution in [2.75, 3.05) is 0 Å². The molecule has 0 rings (SSSR count). The molecule has 0 atom stereocenters. The first kappa shape index (κ1) is 56.6. The van der Waals surface area contributed by atoms with Gasteiger partial charge in [0, 0.05) is 0 Å². The third-order valence-corrected chi connectivity index (χ3v) is 0. The summed E-state index contributed by atoms with van der Waals surface area (Å²) in [5.74, 6) is 0. The fourth-order valence-corrected chi connectivity index (χ4v) is 0. The fourth-order valence-electron chi connectivity index (χ4n) is 0. The van der Waals surface area contributed by atoms with E-state index in [9.17, 15) is 0 Å². The maximum absolute atomic E-state index is 8.74. The number of carbonyl (C=O) groups is 2. The van der Waals surface area contributed by atoms with Crippen LogP contribution in [0.5, 0.6) is 0 Å². The van der Waals surface area contributed by atoms with Gasteiger partial charge in [-0.2, -0.15) is 8.42 Å². The molecule has 0 aliphatic rings. The molecule has 0 saturated carbocycles. The van der Waals surface area contributed by atoms with Gasteiger partial charge >= 0.3 is 180 Å². The van der Waals surface area contributed by atoms with Gasteiger partial charge in [-0.3, -0.25) is 9.11 Å². The summed E-state index contributed by atoms with van der Waals surface area (Å²) >= 11 is 0. The second-order valence-corrected chi connectivity index (χ2v) is 1.84. The van der Waals surface area contributed by atoms with Crippen LogP contribution >= 0.6 is 0 Å². The van der Waals surface area contributed by atoms with Crippen LogP contribution in [0.3, 0.4) is 0 Å². The number of hydrogen-bond acceptors (Lipinski definition) is 8. The second-order valence-electron chi connectivity index (χ2n) is 0.948. The molecule has 0 aromatic rings. The van der Waals surface area contributed by atoms with Crippen molar-refractivity contribution in [3.05, 3.63) is 0 Å². The van der Waals surface area contributed by atoms with Crippen LogP contribution in [-0.2, 0) is 10.4 Å². The molecule has 0 heterocycles. The van der Waals surface area contributed by atoms with Gasteiger partial charge in [0.15, 0.2) is 0 Å². The van der Waals surface area contributed by atoms with Crippen molar-refractivity contribution in [1.82, 2.24) is 0 Å². The van der Waals surface area contributed by atoms with Gasteiger partial charge in [0.1, 0.15) is 0 Å². The van der Waals surface area contributed by atoms with Crippen LogP contribution in [0.25, 0.3) is 0 Å². The zero-order valence-corrected chi connectivity index (χ0v) is 23.6. The summed E-state index contributed by atoms with van der Waals surface area (Å²) in [6.07, 6.45) is -4.67. The standard InChI is InChI=1S/2CH2O3.ClH.K.4Na.H2O4S/c2*2-1(3)4;;;;;;;1-5(2,3)4/h2*(H2,2,3,4);1H;;;;;;(H2,1,2,3,4)/q;;;5*+1;/p-5. The second kappa shape index (κ2) is 38.1. The van der Waals surface area contributed by atoms with Crippen molar-refractivity contribution in [2.24, 2.45) is 0 Å². The average Bonchev–Trinajstić information content (AvgIpc) is 1.50. The van der Waals surface area contributed by atoms with Crippen molar-refractivity contribution in [3.8, 4) is 0 Å². The van der Waals surface area contributed by atoms with E-state index in [0.29, 0.717) is 0 Å². The predicted octanol–water partition coefficient (Wildman–Crippen LogP) is -23.5. The van der Waals surface area contributed by atoms with Crippen LogP contribution in [-0.4, -0.2) is 29.8 Å². The Morgan fingerprint density at radius 2 is 0.737 bits per heavy atom. The van der Waals surface area contributed by atoms with Crippen LogP contribution in [0.2, 0.25) is 0 Å². The van der Waals surface area contributed by atoms with E-state index in [4.69, 9.17) is 47.5 Å². The maximum atomic E-state index is 8.74. The van der Waals surface area contributed by atoms with E-state index in [-0.39, 0.29) is 182 Å². The van der Waals surface area contributed by atoms with Gasteiger partial charge in [-0.15, -0.1) is 0 Å². The topological polar surface area (TPSA) is 201 Å². The number of carbonyl (C=O) groups excluding carboxylic acids is 2. The molecule has 0 spiro atoms. The Hall–Kier alpha value is 4.34. The monoisotopic (exact) mass is 384 g/mol. The first-order valence-electron chi connectivity index (χ1n) is 1.92. The van der Waals surface area contributed by atoms with Crippen molar-refractivity contribution >= 4 is 22.7 Å².